The lowest BCUT2D eigenvalue weighted by molar-refractivity contribution is -0.139. The van der Waals surface area contributed by atoms with Gasteiger partial charge in [0.15, 0.2) is 11.5 Å². The normalized spacial score (nSPS) is 27.9. The van der Waals surface area contributed by atoms with Crippen molar-refractivity contribution in [2.75, 3.05) is 34.4 Å². The molecule has 7 heteroatoms. The summed E-state index contributed by atoms with van der Waals surface area (Å²) in [6.45, 7) is 4.00. The zero-order valence-corrected chi connectivity index (χ0v) is 17.9. The van der Waals surface area contributed by atoms with Crippen LogP contribution in [0.5, 0.6) is 11.5 Å². The minimum Gasteiger partial charge on any atom is -0.497 e. The van der Waals surface area contributed by atoms with E-state index in [1.807, 2.05) is 6.07 Å². The van der Waals surface area contributed by atoms with Crippen LogP contribution in [0.15, 0.2) is 24.0 Å². The van der Waals surface area contributed by atoms with Crippen LogP contribution < -0.4 is 9.47 Å². The first-order valence-corrected chi connectivity index (χ1v) is 10.5. The van der Waals surface area contributed by atoms with Crippen molar-refractivity contribution in [1.29, 1.82) is 0 Å². The molecule has 1 fully saturated rings. The Labute approximate surface area is 178 Å². The van der Waals surface area contributed by atoms with Gasteiger partial charge in [0.2, 0.25) is 0 Å². The molecule has 0 saturated carbocycles. The number of hydrogen-bond donors (Lipinski definition) is 1. The number of piperidine rings is 1. The van der Waals surface area contributed by atoms with Crippen molar-refractivity contribution in [3.63, 3.8) is 0 Å². The molecule has 3 aliphatic rings. The predicted octanol–water partition coefficient (Wildman–Crippen LogP) is 3.69. The summed E-state index contributed by atoms with van der Waals surface area (Å²) in [7, 11) is 4.75. The second kappa shape index (κ2) is 7.23. The molecule has 0 spiro atoms. The van der Waals surface area contributed by atoms with E-state index in [1.165, 1.54) is 23.8 Å². The van der Waals surface area contributed by atoms with Crippen LogP contribution in [0, 0.1) is 11.8 Å². The van der Waals surface area contributed by atoms with Gasteiger partial charge in [0.05, 0.1) is 45.3 Å². The van der Waals surface area contributed by atoms with Crippen molar-refractivity contribution >= 4 is 16.9 Å². The molecule has 0 bridgehead atoms. The largest absolute Gasteiger partial charge is 0.497 e. The summed E-state index contributed by atoms with van der Waals surface area (Å²) in [5.41, 5.74) is 4.31. The second-order valence-electron chi connectivity index (χ2n) is 8.44. The maximum absolute atomic E-state index is 12.4. The summed E-state index contributed by atoms with van der Waals surface area (Å²) in [4.78, 5) is 18.6. The number of carbonyl (C=O) groups is 1. The predicted molar refractivity (Wildman–Crippen MR) is 116 cm³/mol. The molecule has 1 saturated heterocycles. The van der Waals surface area contributed by atoms with Crippen molar-refractivity contribution in [3.05, 3.63) is 35.2 Å². The Balaban J connectivity index is 0.00000144. The van der Waals surface area contributed by atoms with Crippen LogP contribution in [0.4, 0.5) is 0 Å². The summed E-state index contributed by atoms with van der Waals surface area (Å²) in [6, 6.07) is 4.32. The molecule has 5 rings (SSSR count). The fourth-order valence-electron chi connectivity index (χ4n) is 5.56. The maximum atomic E-state index is 12.4. The maximum Gasteiger partial charge on any atom is 0.337 e. The van der Waals surface area contributed by atoms with Crippen LogP contribution in [0.3, 0.4) is 0 Å². The Bertz CT molecular complexity index is 1040. The molecule has 4 heterocycles. The van der Waals surface area contributed by atoms with E-state index in [0.29, 0.717) is 5.57 Å². The van der Waals surface area contributed by atoms with Crippen LogP contribution in [-0.2, 0) is 20.7 Å². The standard InChI is InChI=1S/C23H28N2O5.2H2/c1-12-16-10-25-6-5-13-15-8-20(27-2)21(28-3)9-18(15)24-22(13)19(25)7-14(16)17(11-30-12)23(26)29-4;;/h8-9,11-12,14,16,19,24H,5-7,10H2,1-4H3;2*1H/t12-,14?,16-,19?;;/m1../s1. The minimum atomic E-state index is -0.285. The molecule has 1 N–H and O–H groups in total. The van der Waals surface area contributed by atoms with Crippen molar-refractivity contribution < 1.29 is 26.6 Å². The third-order valence-corrected chi connectivity index (χ3v) is 7.14. The minimum absolute atomic E-state index is 0. The van der Waals surface area contributed by atoms with Crippen LogP contribution in [-0.4, -0.2) is 56.4 Å². The van der Waals surface area contributed by atoms with E-state index in [0.717, 1.165) is 42.9 Å². The van der Waals surface area contributed by atoms with Crippen LogP contribution in [0.25, 0.3) is 10.9 Å². The number of ether oxygens (including phenoxy) is 4. The number of hydrogen-bond acceptors (Lipinski definition) is 6. The number of aromatic nitrogens is 1. The second-order valence-corrected chi connectivity index (χ2v) is 8.44. The highest BCUT2D eigenvalue weighted by molar-refractivity contribution is 5.89. The Morgan fingerprint density at radius 2 is 2.00 bits per heavy atom. The van der Waals surface area contributed by atoms with E-state index in [4.69, 9.17) is 18.9 Å². The molecule has 2 unspecified atom stereocenters. The zero-order valence-electron chi connectivity index (χ0n) is 17.9. The zero-order chi connectivity index (χ0) is 21.0. The number of H-pyrrole nitrogens is 1. The lowest BCUT2D eigenvalue weighted by Crippen LogP contribution is -2.51. The highest BCUT2D eigenvalue weighted by Gasteiger charge is 2.47. The topological polar surface area (TPSA) is 73.0 Å². The highest BCUT2D eigenvalue weighted by atomic mass is 16.5. The number of fused-ring (bicyclic) bond motifs is 6. The first-order valence-electron chi connectivity index (χ1n) is 10.5. The number of aromatic amines is 1. The average Bonchev–Trinajstić information content (AvgIpc) is 3.14. The fraction of sp³-hybridized carbons (Fsp3) is 0.522. The van der Waals surface area contributed by atoms with E-state index in [2.05, 4.69) is 22.9 Å². The molecule has 0 aliphatic carbocycles. The molecule has 164 valence electrons. The summed E-state index contributed by atoms with van der Waals surface area (Å²) >= 11 is 0. The van der Waals surface area contributed by atoms with Crippen molar-refractivity contribution in [3.8, 4) is 11.5 Å². The number of rotatable bonds is 3. The summed E-state index contributed by atoms with van der Waals surface area (Å²) < 4.78 is 21.9. The van der Waals surface area contributed by atoms with Gasteiger partial charge in [0.1, 0.15) is 0 Å². The Kier molecular flexibility index (Phi) is 4.65. The van der Waals surface area contributed by atoms with E-state index in [-0.39, 0.29) is 32.8 Å². The third kappa shape index (κ3) is 2.79. The monoisotopic (exact) mass is 416 g/mol. The fourth-order valence-corrected chi connectivity index (χ4v) is 5.56. The molecular formula is C23H32N2O5. The quantitative estimate of drug-likeness (QED) is 0.770. The number of benzene rings is 1. The summed E-state index contributed by atoms with van der Waals surface area (Å²) in [5, 5.41) is 1.19. The van der Waals surface area contributed by atoms with Crippen LogP contribution in [0.2, 0.25) is 0 Å². The highest BCUT2D eigenvalue weighted by Crippen LogP contribution is 2.48. The Morgan fingerprint density at radius 3 is 2.73 bits per heavy atom. The SMILES string of the molecule is COC(=O)C1=CO[C@H](C)[C@H]2CN3CCc4c([nH]c5cc(OC)c(OC)cc45)C3CC12.[HH].[HH]. The molecule has 7 nitrogen and oxygen atoms in total. The van der Waals surface area contributed by atoms with Gasteiger partial charge in [0, 0.05) is 50.4 Å². The first kappa shape index (κ1) is 19.3. The third-order valence-electron chi connectivity index (χ3n) is 7.14. The number of carbonyl (C=O) groups excluding carboxylic acids is 1. The Morgan fingerprint density at radius 1 is 1.23 bits per heavy atom. The molecule has 1 aromatic carbocycles. The van der Waals surface area contributed by atoms with Crippen LogP contribution in [0.1, 0.15) is 33.5 Å². The smallest absolute Gasteiger partial charge is 0.337 e. The van der Waals surface area contributed by atoms with Crippen molar-refractivity contribution in [2.45, 2.75) is 31.9 Å². The number of nitrogens with one attached hydrogen (secondary N) is 1. The molecule has 0 radical (unpaired) electrons. The van der Waals surface area contributed by atoms with Crippen molar-refractivity contribution in [1.82, 2.24) is 9.88 Å². The molecule has 3 aliphatic heterocycles. The van der Waals surface area contributed by atoms with Gasteiger partial charge in [-0.1, -0.05) is 0 Å². The average molecular weight is 417 g/mol. The van der Waals surface area contributed by atoms with Crippen LogP contribution >= 0.6 is 0 Å². The van der Waals surface area contributed by atoms with Gasteiger partial charge in [-0.3, -0.25) is 4.90 Å². The molecule has 4 atom stereocenters. The first-order chi connectivity index (χ1) is 14.5. The Hall–Kier alpha value is -2.67. The molecule has 2 aromatic rings. The van der Waals surface area contributed by atoms with Crippen molar-refractivity contribution in [2.24, 2.45) is 11.8 Å². The summed E-state index contributed by atoms with van der Waals surface area (Å²) in [6.07, 6.45) is 3.56. The van der Waals surface area contributed by atoms with E-state index in [1.54, 1.807) is 20.5 Å². The molecule has 0 amide bonds. The van der Waals surface area contributed by atoms with Gasteiger partial charge in [-0.15, -0.1) is 0 Å². The van der Waals surface area contributed by atoms with E-state index >= 15 is 0 Å². The molecule has 1 aromatic heterocycles. The number of methoxy groups -OCH3 is 3. The number of esters is 1. The molecule has 30 heavy (non-hydrogen) atoms. The van der Waals surface area contributed by atoms with Gasteiger partial charge in [-0.2, -0.15) is 0 Å². The van der Waals surface area contributed by atoms with Gasteiger partial charge >= 0.3 is 5.97 Å². The van der Waals surface area contributed by atoms with Gasteiger partial charge < -0.3 is 23.9 Å². The van der Waals surface area contributed by atoms with Gasteiger partial charge in [0.25, 0.3) is 0 Å². The van der Waals surface area contributed by atoms with E-state index < -0.39 is 0 Å². The van der Waals surface area contributed by atoms with Gasteiger partial charge in [-0.05, 0) is 31.4 Å². The lowest BCUT2D eigenvalue weighted by Gasteiger charge is -2.49. The van der Waals surface area contributed by atoms with E-state index in [9.17, 15) is 4.79 Å². The van der Waals surface area contributed by atoms with Gasteiger partial charge in [-0.25, -0.2) is 4.79 Å². The molecular weight excluding hydrogens is 384 g/mol. The lowest BCUT2D eigenvalue weighted by atomic mass is 9.72. The number of nitrogens with zero attached hydrogens (tertiary/aromatic N) is 1. The summed E-state index contributed by atoms with van der Waals surface area (Å²) in [5.74, 6) is 1.59.